The summed E-state index contributed by atoms with van der Waals surface area (Å²) in [6.07, 6.45) is 0.399. The molecule has 0 saturated carbocycles. The molecule has 0 radical (unpaired) electrons. The van der Waals surface area contributed by atoms with Crippen molar-refractivity contribution in [3.63, 3.8) is 0 Å². The van der Waals surface area contributed by atoms with Crippen molar-refractivity contribution >= 4 is 0 Å². The van der Waals surface area contributed by atoms with E-state index >= 15 is 0 Å². The Hall–Kier alpha value is -0.820. The van der Waals surface area contributed by atoms with Gasteiger partial charge in [0.1, 0.15) is 6.10 Å². The van der Waals surface area contributed by atoms with Crippen LogP contribution in [0.5, 0.6) is 0 Å². The molecule has 1 aliphatic rings. The summed E-state index contributed by atoms with van der Waals surface area (Å²) >= 11 is 0. The van der Waals surface area contributed by atoms with Gasteiger partial charge in [-0.2, -0.15) is 0 Å². The zero-order valence-corrected chi connectivity index (χ0v) is 6.92. The van der Waals surface area contributed by atoms with Crippen LogP contribution < -0.4 is 0 Å². The first kappa shape index (κ1) is 6.86. The van der Waals surface area contributed by atoms with Crippen molar-refractivity contribution in [2.45, 2.75) is 20.0 Å². The van der Waals surface area contributed by atoms with Crippen molar-refractivity contribution in [2.75, 3.05) is 6.61 Å². The van der Waals surface area contributed by atoms with E-state index in [9.17, 15) is 0 Å². The maximum Gasteiger partial charge on any atom is 0.106 e. The monoisotopic (exact) mass is 148 g/mol. The molecule has 1 atom stereocenters. The molecule has 0 aliphatic carbocycles. The molecule has 58 valence electrons. The van der Waals surface area contributed by atoms with E-state index in [-0.39, 0.29) is 0 Å². The first-order valence-electron chi connectivity index (χ1n) is 3.96. The minimum atomic E-state index is 0.399. The fourth-order valence-electron chi connectivity index (χ4n) is 1.41. The van der Waals surface area contributed by atoms with Crippen LogP contribution in [-0.4, -0.2) is 6.61 Å². The number of hydrogen-bond acceptors (Lipinski definition) is 1. The number of aryl methyl sites for hydroxylation is 2. The van der Waals surface area contributed by atoms with E-state index in [2.05, 4.69) is 32.0 Å². The molecule has 1 saturated heterocycles. The number of benzene rings is 1. The fraction of sp³-hybridized carbons (Fsp3) is 0.400. The van der Waals surface area contributed by atoms with Gasteiger partial charge < -0.3 is 4.74 Å². The van der Waals surface area contributed by atoms with Crippen LogP contribution in [0.2, 0.25) is 0 Å². The highest BCUT2D eigenvalue weighted by atomic mass is 16.6. The summed E-state index contributed by atoms with van der Waals surface area (Å²) in [6.45, 7) is 5.17. The van der Waals surface area contributed by atoms with Gasteiger partial charge in [0.2, 0.25) is 0 Å². The second kappa shape index (κ2) is 2.35. The predicted octanol–water partition coefficient (Wildman–Crippen LogP) is 2.37. The van der Waals surface area contributed by atoms with Gasteiger partial charge in [-0.05, 0) is 25.0 Å². The number of epoxide rings is 1. The maximum absolute atomic E-state index is 5.22. The van der Waals surface area contributed by atoms with Crippen LogP contribution in [0, 0.1) is 13.8 Å². The third-order valence-corrected chi connectivity index (χ3v) is 2.11. The first-order chi connectivity index (χ1) is 5.27. The van der Waals surface area contributed by atoms with Crippen molar-refractivity contribution in [1.29, 1.82) is 0 Å². The molecule has 2 rings (SSSR count). The number of hydrogen-bond donors (Lipinski definition) is 0. The Morgan fingerprint density at radius 1 is 1.36 bits per heavy atom. The van der Waals surface area contributed by atoms with Gasteiger partial charge in [0, 0.05) is 0 Å². The molecule has 0 aromatic heterocycles. The molecule has 1 aromatic rings. The van der Waals surface area contributed by atoms with E-state index in [1.165, 1.54) is 16.7 Å². The molecule has 1 heterocycles. The zero-order chi connectivity index (χ0) is 7.84. The molecule has 0 bridgehead atoms. The highest BCUT2D eigenvalue weighted by Gasteiger charge is 2.25. The molecule has 1 fully saturated rings. The van der Waals surface area contributed by atoms with Crippen LogP contribution in [0.3, 0.4) is 0 Å². The van der Waals surface area contributed by atoms with Gasteiger partial charge in [-0.1, -0.05) is 23.8 Å². The number of rotatable bonds is 1. The average molecular weight is 148 g/mol. The third kappa shape index (κ3) is 1.29. The normalized spacial score (nSPS) is 21.8. The van der Waals surface area contributed by atoms with Gasteiger partial charge in [0.05, 0.1) is 6.61 Å². The van der Waals surface area contributed by atoms with Crippen molar-refractivity contribution in [2.24, 2.45) is 0 Å². The second-order valence-corrected chi connectivity index (χ2v) is 3.18. The fourth-order valence-corrected chi connectivity index (χ4v) is 1.41. The van der Waals surface area contributed by atoms with Crippen LogP contribution >= 0.6 is 0 Å². The minimum absolute atomic E-state index is 0.399. The van der Waals surface area contributed by atoms with Gasteiger partial charge in [0.15, 0.2) is 0 Å². The maximum atomic E-state index is 5.22. The lowest BCUT2D eigenvalue weighted by Gasteiger charge is -2.01. The lowest BCUT2D eigenvalue weighted by atomic mass is 10.0. The Kier molecular flexibility index (Phi) is 1.46. The molecule has 1 heteroatoms. The van der Waals surface area contributed by atoms with Crippen LogP contribution in [-0.2, 0) is 4.74 Å². The molecule has 0 N–H and O–H groups in total. The van der Waals surface area contributed by atoms with E-state index in [1.54, 1.807) is 0 Å². The SMILES string of the molecule is Cc1ccc([C@@H]2CO2)c(C)c1. The summed E-state index contributed by atoms with van der Waals surface area (Å²) in [5.41, 5.74) is 4.04. The minimum Gasteiger partial charge on any atom is -0.368 e. The molecule has 0 spiro atoms. The van der Waals surface area contributed by atoms with E-state index in [0.717, 1.165) is 6.61 Å². The highest BCUT2D eigenvalue weighted by molar-refractivity contribution is 5.33. The summed E-state index contributed by atoms with van der Waals surface area (Å²) in [5, 5.41) is 0. The Balaban J connectivity index is 2.39. The van der Waals surface area contributed by atoms with E-state index in [1.807, 2.05) is 0 Å². The van der Waals surface area contributed by atoms with Crippen molar-refractivity contribution in [1.82, 2.24) is 0 Å². The predicted molar refractivity (Wildman–Crippen MR) is 44.6 cm³/mol. The lowest BCUT2D eigenvalue weighted by molar-refractivity contribution is 0.415. The Labute approximate surface area is 67.0 Å². The van der Waals surface area contributed by atoms with Crippen LogP contribution in [0.25, 0.3) is 0 Å². The van der Waals surface area contributed by atoms with Gasteiger partial charge in [-0.3, -0.25) is 0 Å². The molecular weight excluding hydrogens is 136 g/mol. The summed E-state index contributed by atoms with van der Waals surface area (Å²) < 4.78 is 5.22. The van der Waals surface area contributed by atoms with Crippen LogP contribution in [0.15, 0.2) is 18.2 Å². The van der Waals surface area contributed by atoms with Gasteiger partial charge >= 0.3 is 0 Å². The topological polar surface area (TPSA) is 12.5 Å². The summed E-state index contributed by atoms with van der Waals surface area (Å²) in [7, 11) is 0. The Morgan fingerprint density at radius 3 is 2.64 bits per heavy atom. The molecule has 0 amide bonds. The molecular formula is C10H12O. The zero-order valence-electron chi connectivity index (χ0n) is 6.92. The van der Waals surface area contributed by atoms with Crippen LogP contribution in [0.1, 0.15) is 22.8 Å². The lowest BCUT2D eigenvalue weighted by Crippen LogP contribution is -1.86. The van der Waals surface area contributed by atoms with Crippen LogP contribution in [0.4, 0.5) is 0 Å². The van der Waals surface area contributed by atoms with Gasteiger partial charge in [-0.15, -0.1) is 0 Å². The van der Waals surface area contributed by atoms with E-state index < -0.39 is 0 Å². The Bertz CT molecular complexity index is 274. The van der Waals surface area contributed by atoms with E-state index in [4.69, 9.17) is 4.74 Å². The van der Waals surface area contributed by atoms with Crippen molar-refractivity contribution in [3.8, 4) is 0 Å². The largest absolute Gasteiger partial charge is 0.368 e. The summed E-state index contributed by atoms with van der Waals surface area (Å²) in [5.74, 6) is 0. The van der Waals surface area contributed by atoms with E-state index in [0.29, 0.717) is 6.10 Å². The third-order valence-electron chi connectivity index (χ3n) is 2.11. The summed E-state index contributed by atoms with van der Waals surface area (Å²) in [4.78, 5) is 0. The number of ether oxygens (including phenoxy) is 1. The quantitative estimate of drug-likeness (QED) is 0.557. The smallest absolute Gasteiger partial charge is 0.106 e. The molecule has 0 unspecified atom stereocenters. The Morgan fingerprint density at radius 2 is 2.09 bits per heavy atom. The second-order valence-electron chi connectivity index (χ2n) is 3.18. The molecule has 1 aromatic carbocycles. The standard InChI is InChI=1S/C10H12O/c1-7-3-4-9(8(2)5-7)10-6-11-10/h3-5,10H,6H2,1-2H3/t10-/m0/s1. The molecule has 1 aliphatic heterocycles. The molecule has 1 nitrogen and oxygen atoms in total. The molecule has 11 heavy (non-hydrogen) atoms. The first-order valence-corrected chi connectivity index (χ1v) is 3.96. The highest BCUT2D eigenvalue weighted by Crippen LogP contribution is 2.32. The van der Waals surface area contributed by atoms with Gasteiger partial charge in [-0.25, -0.2) is 0 Å². The van der Waals surface area contributed by atoms with Crippen molar-refractivity contribution < 1.29 is 4.74 Å². The van der Waals surface area contributed by atoms with Crippen molar-refractivity contribution in [3.05, 3.63) is 34.9 Å². The summed E-state index contributed by atoms with van der Waals surface area (Å²) in [6, 6.07) is 6.52. The average Bonchev–Trinajstić information content (AvgIpc) is 2.70. The van der Waals surface area contributed by atoms with Gasteiger partial charge in [0.25, 0.3) is 0 Å².